The summed E-state index contributed by atoms with van der Waals surface area (Å²) in [5.74, 6) is 0.415. The van der Waals surface area contributed by atoms with Gasteiger partial charge in [-0.3, -0.25) is 14.5 Å². The highest BCUT2D eigenvalue weighted by Crippen LogP contribution is 2.30. The lowest BCUT2D eigenvalue weighted by atomic mass is 9.98. The van der Waals surface area contributed by atoms with E-state index in [1.807, 2.05) is 18.2 Å². The molecule has 0 spiro atoms. The number of rotatable bonds is 4. The van der Waals surface area contributed by atoms with Gasteiger partial charge in [-0.2, -0.15) is 0 Å². The summed E-state index contributed by atoms with van der Waals surface area (Å²) in [6.07, 6.45) is 3.29. The molecule has 0 N–H and O–H groups in total. The summed E-state index contributed by atoms with van der Waals surface area (Å²) in [5, 5.41) is 0. The largest absolute Gasteiger partial charge is 0.497 e. The van der Waals surface area contributed by atoms with Gasteiger partial charge in [0.15, 0.2) is 0 Å². The van der Waals surface area contributed by atoms with Crippen molar-refractivity contribution in [1.82, 2.24) is 4.90 Å². The van der Waals surface area contributed by atoms with Crippen molar-refractivity contribution in [3.05, 3.63) is 66.2 Å². The summed E-state index contributed by atoms with van der Waals surface area (Å²) in [5.41, 5.74) is 3.13. The Balaban J connectivity index is 1.48. The monoisotopic (exact) mass is 362 g/mol. The van der Waals surface area contributed by atoms with Gasteiger partial charge in [-0.05, 0) is 41.8 Å². The van der Waals surface area contributed by atoms with E-state index in [1.54, 1.807) is 31.4 Å². The molecule has 0 aromatic heterocycles. The molecule has 4 rings (SSSR count). The average molecular weight is 362 g/mol. The van der Waals surface area contributed by atoms with Crippen LogP contribution in [0.15, 0.2) is 60.7 Å². The molecule has 0 saturated carbocycles. The van der Waals surface area contributed by atoms with Crippen LogP contribution in [0.25, 0.3) is 5.57 Å². The van der Waals surface area contributed by atoms with Crippen LogP contribution in [0.1, 0.15) is 18.4 Å². The number of hydrogen-bond acceptors (Lipinski definition) is 4. The van der Waals surface area contributed by atoms with Crippen LogP contribution in [-0.2, 0) is 9.59 Å². The fourth-order valence-electron chi connectivity index (χ4n) is 3.79. The zero-order chi connectivity index (χ0) is 18.8. The number of imide groups is 1. The minimum atomic E-state index is -0.381. The first-order valence-corrected chi connectivity index (χ1v) is 9.17. The number of anilines is 1. The van der Waals surface area contributed by atoms with Crippen molar-refractivity contribution in [2.45, 2.75) is 18.9 Å². The predicted molar refractivity (Wildman–Crippen MR) is 105 cm³/mol. The fraction of sp³-hybridized carbons (Fsp3) is 0.273. The molecule has 2 aromatic carbocycles. The second-order valence-electron chi connectivity index (χ2n) is 6.83. The van der Waals surface area contributed by atoms with Crippen molar-refractivity contribution in [3.8, 4) is 5.75 Å². The van der Waals surface area contributed by atoms with Gasteiger partial charge in [0, 0.05) is 13.1 Å². The van der Waals surface area contributed by atoms with Gasteiger partial charge in [-0.25, -0.2) is 4.90 Å². The molecule has 0 unspecified atom stereocenters. The number of carbonyl (C=O) groups is 2. The van der Waals surface area contributed by atoms with E-state index < -0.39 is 0 Å². The minimum Gasteiger partial charge on any atom is -0.497 e. The van der Waals surface area contributed by atoms with Crippen LogP contribution in [0.4, 0.5) is 5.69 Å². The SMILES string of the molecule is COc1ccc(N2C(=O)C[C@@H](N3CC=C(c4ccccc4)CC3)C2=O)cc1. The summed E-state index contributed by atoms with van der Waals surface area (Å²) in [7, 11) is 1.59. The Labute approximate surface area is 158 Å². The number of methoxy groups -OCH3 is 1. The number of nitrogens with zero attached hydrogens (tertiary/aromatic N) is 2. The molecule has 2 heterocycles. The molecule has 5 heteroatoms. The second-order valence-corrected chi connectivity index (χ2v) is 6.83. The number of amides is 2. The molecule has 1 atom stereocenters. The Hall–Kier alpha value is -2.92. The predicted octanol–water partition coefficient (Wildman–Crippen LogP) is 3.12. The van der Waals surface area contributed by atoms with Crippen LogP contribution in [0.2, 0.25) is 0 Å². The van der Waals surface area contributed by atoms with Crippen molar-refractivity contribution in [2.75, 3.05) is 25.1 Å². The lowest BCUT2D eigenvalue weighted by molar-refractivity contribution is -0.122. The molecule has 138 valence electrons. The number of hydrogen-bond donors (Lipinski definition) is 0. The van der Waals surface area contributed by atoms with E-state index in [0.717, 1.165) is 13.0 Å². The second kappa shape index (κ2) is 7.37. The Bertz CT molecular complexity index is 874. The normalized spacial score (nSPS) is 20.7. The van der Waals surface area contributed by atoms with E-state index in [-0.39, 0.29) is 24.3 Å². The highest BCUT2D eigenvalue weighted by molar-refractivity contribution is 6.22. The molecule has 2 amide bonds. The molecule has 0 radical (unpaired) electrons. The summed E-state index contributed by atoms with van der Waals surface area (Å²) in [4.78, 5) is 28.9. The van der Waals surface area contributed by atoms with Crippen LogP contribution in [0.3, 0.4) is 0 Å². The van der Waals surface area contributed by atoms with Crippen LogP contribution in [0.5, 0.6) is 5.75 Å². The molecule has 1 saturated heterocycles. The third-order valence-electron chi connectivity index (χ3n) is 5.28. The van der Waals surface area contributed by atoms with Crippen LogP contribution in [-0.4, -0.2) is 43.0 Å². The van der Waals surface area contributed by atoms with Gasteiger partial charge in [-0.15, -0.1) is 0 Å². The topological polar surface area (TPSA) is 49.9 Å². The zero-order valence-electron chi connectivity index (χ0n) is 15.3. The first-order valence-electron chi connectivity index (χ1n) is 9.17. The maximum absolute atomic E-state index is 12.9. The molecule has 2 aliphatic rings. The van der Waals surface area contributed by atoms with Crippen LogP contribution in [0, 0.1) is 0 Å². The summed E-state index contributed by atoms with van der Waals surface area (Å²) in [6, 6.07) is 16.9. The van der Waals surface area contributed by atoms with Crippen molar-refractivity contribution in [2.24, 2.45) is 0 Å². The van der Waals surface area contributed by atoms with E-state index in [0.29, 0.717) is 18.0 Å². The smallest absolute Gasteiger partial charge is 0.251 e. The number of benzene rings is 2. The summed E-state index contributed by atoms with van der Waals surface area (Å²) in [6.45, 7) is 1.46. The van der Waals surface area contributed by atoms with E-state index in [1.165, 1.54) is 16.0 Å². The van der Waals surface area contributed by atoms with E-state index in [9.17, 15) is 9.59 Å². The third-order valence-corrected chi connectivity index (χ3v) is 5.28. The van der Waals surface area contributed by atoms with Gasteiger partial charge in [0.1, 0.15) is 5.75 Å². The molecule has 2 aliphatic heterocycles. The van der Waals surface area contributed by atoms with Gasteiger partial charge in [0.05, 0.1) is 25.3 Å². The van der Waals surface area contributed by atoms with E-state index >= 15 is 0 Å². The van der Waals surface area contributed by atoms with E-state index in [4.69, 9.17) is 4.74 Å². The Morgan fingerprint density at radius 1 is 1.00 bits per heavy atom. The maximum atomic E-state index is 12.9. The first-order chi connectivity index (χ1) is 13.2. The van der Waals surface area contributed by atoms with Crippen molar-refractivity contribution in [3.63, 3.8) is 0 Å². The van der Waals surface area contributed by atoms with Crippen LogP contribution >= 0.6 is 0 Å². The molecule has 1 fully saturated rings. The standard InChI is InChI=1S/C22H22N2O3/c1-27-19-9-7-18(8-10-19)24-21(25)15-20(22(24)26)23-13-11-17(12-14-23)16-5-3-2-4-6-16/h2-11,20H,12-15H2,1H3/t20-/m1/s1. The van der Waals surface area contributed by atoms with Gasteiger partial charge in [-0.1, -0.05) is 36.4 Å². The van der Waals surface area contributed by atoms with Gasteiger partial charge in [0.25, 0.3) is 5.91 Å². The van der Waals surface area contributed by atoms with E-state index in [2.05, 4.69) is 23.1 Å². The molecular weight excluding hydrogens is 340 g/mol. The Morgan fingerprint density at radius 2 is 1.74 bits per heavy atom. The first kappa shape index (κ1) is 17.5. The summed E-state index contributed by atoms with van der Waals surface area (Å²) < 4.78 is 5.15. The quantitative estimate of drug-likeness (QED) is 0.784. The number of carbonyl (C=O) groups excluding carboxylic acids is 2. The molecule has 0 bridgehead atoms. The minimum absolute atomic E-state index is 0.137. The molecular formula is C22H22N2O3. The van der Waals surface area contributed by atoms with Crippen LogP contribution < -0.4 is 9.64 Å². The van der Waals surface area contributed by atoms with Crippen molar-refractivity contribution in [1.29, 1.82) is 0 Å². The number of ether oxygens (including phenoxy) is 1. The highest BCUT2D eigenvalue weighted by Gasteiger charge is 2.42. The highest BCUT2D eigenvalue weighted by atomic mass is 16.5. The average Bonchev–Trinajstić information content (AvgIpc) is 3.03. The van der Waals surface area contributed by atoms with Gasteiger partial charge < -0.3 is 4.74 Å². The molecule has 27 heavy (non-hydrogen) atoms. The lowest BCUT2D eigenvalue weighted by Crippen LogP contribution is -2.44. The van der Waals surface area contributed by atoms with Crippen molar-refractivity contribution < 1.29 is 14.3 Å². The molecule has 0 aliphatic carbocycles. The Morgan fingerprint density at radius 3 is 2.37 bits per heavy atom. The van der Waals surface area contributed by atoms with Gasteiger partial charge >= 0.3 is 0 Å². The molecule has 2 aromatic rings. The van der Waals surface area contributed by atoms with Crippen molar-refractivity contribution >= 4 is 23.1 Å². The zero-order valence-corrected chi connectivity index (χ0v) is 15.3. The Kier molecular flexibility index (Phi) is 4.77. The summed E-state index contributed by atoms with van der Waals surface area (Å²) >= 11 is 0. The maximum Gasteiger partial charge on any atom is 0.251 e. The lowest BCUT2D eigenvalue weighted by Gasteiger charge is -2.30. The fourth-order valence-corrected chi connectivity index (χ4v) is 3.79. The van der Waals surface area contributed by atoms with Gasteiger partial charge in [0.2, 0.25) is 5.91 Å². The third kappa shape index (κ3) is 3.38. The molecule has 5 nitrogen and oxygen atoms in total.